The summed E-state index contributed by atoms with van der Waals surface area (Å²) in [7, 11) is 0. The van der Waals surface area contributed by atoms with E-state index in [2.05, 4.69) is 27.1 Å². The second-order valence-corrected chi connectivity index (χ2v) is 4.81. The van der Waals surface area contributed by atoms with Gasteiger partial charge in [-0.25, -0.2) is 9.97 Å². The van der Waals surface area contributed by atoms with Gasteiger partial charge < -0.3 is 15.0 Å². The van der Waals surface area contributed by atoms with Gasteiger partial charge in [-0.1, -0.05) is 13.3 Å². The highest BCUT2D eigenvalue weighted by Gasteiger charge is 2.13. The summed E-state index contributed by atoms with van der Waals surface area (Å²) < 4.78 is 5.33. The highest BCUT2D eigenvalue weighted by atomic mass is 16.5. The van der Waals surface area contributed by atoms with E-state index in [4.69, 9.17) is 4.74 Å². The summed E-state index contributed by atoms with van der Waals surface area (Å²) in [5.74, 6) is 1.62. The second kappa shape index (κ2) is 7.79. The van der Waals surface area contributed by atoms with E-state index in [1.165, 1.54) is 0 Å². The van der Waals surface area contributed by atoms with Crippen LogP contribution in [0.4, 0.5) is 5.82 Å². The minimum atomic E-state index is 0.0622. The Morgan fingerprint density at radius 2 is 2.25 bits per heavy atom. The van der Waals surface area contributed by atoms with Crippen LogP contribution in [0.3, 0.4) is 0 Å². The van der Waals surface area contributed by atoms with E-state index in [0.717, 1.165) is 45.0 Å². The number of hydrogen-bond acceptors (Lipinski definition) is 5. The Morgan fingerprint density at radius 1 is 1.45 bits per heavy atom. The van der Waals surface area contributed by atoms with Gasteiger partial charge in [-0.05, 0) is 12.5 Å². The molecule has 0 saturated carbocycles. The van der Waals surface area contributed by atoms with Crippen LogP contribution < -0.4 is 10.2 Å². The molecule has 1 aliphatic rings. The first-order valence-corrected chi connectivity index (χ1v) is 7.21. The first-order chi connectivity index (χ1) is 9.79. The van der Waals surface area contributed by atoms with E-state index in [1.54, 1.807) is 6.20 Å². The van der Waals surface area contributed by atoms with E-state index in [-0.39, 0.29) is 5.91 Å². The number of anilines is 1. The van der Waals surface area contributed by atoms with Crippen LogP contribution in [0, 0.1) is 0 Å². The predicted molar refractivity (Wildman–Crippen MR) is 76.4 cm³/mol. The van der Waals surface area contributed by atoms with Gasteiger partial charge in [-0.2, -0.15) is 0 Å². The Hall–Kier alpha value is -1.69. The molecule has 0 aliphatic carbocycles. The van der Waals surface area contributed by atoms with Crippen molar-refractivity contribution in [2.45, 2.75) is 32.7 Å². The molecule has 20 heavy (non-hydrogen) atoms. The van der Waals surface area contributed by atoms with Gasteiger partial charge in [-0.15, -0.1) is 0 Å². The molecule has 0 bridgehead atoms. The van der Waals surface area contributed by atoms with Gasteiger partial charge in [0.05, 0.1) is 19.8 Å². The lowest BCUT2D eigenvalue weighted by atomic mass is 10.2. The number of carbonyl (C=O) groups is 1. The number of rotatable bonds is 6. The van der Waals surface area contributed by atoms with E-state index in [0.29, 0.717) is 18.8 Å². The molecule has 2 heterocycles. The predicted octanol–water partition coefficient (Wildman–Crippen LogP) is 1.12. The molecule has 1 aliphatic heterocycles. The second-order valence-electron chi connectivity index (χ2n) is 4.81. The van der Waals surface area contributed by atoms with Crippen molar-refractivity contribution in [2.75, 3.05) is 31.2 Å². The largest absolute Gasteiger partial charge is 0.378 e. The quantitative estimate of drug-likeness (QED) is 0.844. The zero-order valence-electron chi connectivity index (χ0n) is 12.0. The lowest BCUT2D eigenvalue weighted by Gasteiger charge is -2.27. The van der Waals surface area contributed by atoms with Crippen molar-refractivity contribution in [1.82, 2.24) is 15.3 Å². The number of nitrogens with zero attached hydrogens (tertiary/aromatic N) is 3. The number of carbonyl (C=O) groups excluding carboxylic acids is 1. The third-order valence-corrected chi connectivity index (χ3v) is 3.23. The molecule has 1 N–H and O–H groups in total. The first-order valence-electron chi connectivity index (χ1n) is 7.21. The molecule has 2 rings (SSSR count). The molecule has 0 aromatic carbocycles. The van der Waals surface area contributed by atoms with Gasteiger partial charge in [0, 0.05) is 25.7 Å². The molecular formula is C14H22N4O2. The van der Waals surface area contributed by atoms with Crippen molar-refractivity contribution >= 4 is 11.7 Å². The molecule has 0 atom stereocenters. The number of ether oxygens (including phenoxy) is 1. The smallest absolute Gasteiger partial charge is 0.220 e. The van der Waals surface area contributed by atoms with Gasteiger partial charge in [0.1, 0.15) is 11.6 Å². The van der Waals surface area contributed by atoms with Crippen molar-refractivity contribution in [2.24, 2.45) is 0 Å². The van der Waals surface area contributed by atoms with Crippen LogP contribution in [0.2, 0.25) is 0 Å². The van der Waals surface area contributed by atoms with Crippen LogP contribution in [0.5, 0.6) is 0 Å². The SMILES string of the molecule is CCCCC(=O)NCc1nccc(N2CCOCC2)n1. The highest BCUT2D eigenvalue weighted by Crippen LogP contribution is 2.11. The number of aromatic nitrogens is 2. The third-order valence-electron chi connectivity index (χ3n) is 3.23. The van der Waals surface area contributed by atoms with Crippen molar-refractivity contribution < 1.29 is 9.53 Å². The van der Waals surface area contributed by atoms with Crippen molar-refractivity contribution in [3.63, 3.8) is 0 Å². The van der Waals surface area contributed by atoms with Crippen LogP contribution in [0.1, 0.15) is 32.0 Å². The minimum absolute atomic E-state index is 0.0622. The summed E-state index contributed by atoms with van der Waals surface area (Å²) in [5, 5.41) is 2.86. The molecule has 6 nitrogen and oxygen atoms in total. The van der Waals surface area contributed by atoms with E-state index >= 15 is 0 Å². The molecule has 1 aromatic rings. The number of hydrogen-bond donors (Lipinski definition) is 1. The van der Waals surface area contributed by atoms with Gasteiger partial charge in [0.25, 0.3) is 0 Å². The Bertz CT molecular complexity index is 433. The van der Waals surface area contributed by atoms with Gasteiger partial charge in [0.2, 0.25) is 5.91 Å². The van der Waals surface area contributed by atoms with Crippen LogP contribution in [-0.2, 0) is 16.1 Å². The molecule has 6 heteroatoms. The van der Waals surface area contributed by atoms with Crippen molar-refractivity contribution in [1.29, 1.82) is 0 Å². The fourth-order valence-corrected chi connectivity index (χ4v) is 2.05. The van der Waals surface area contributed by atoms with E-state index < -0.39 is 0 Å². The van der Waals surface area contributed by atoms with E-state index in [1.807, 2.05) is 6.07 Å². The summed E-state index contributed by atoms with van der Waals surface area (Å²) in [6, 6.07) is 1.90. The normalized spacial score (nSPS) is 15.2. The maximum atomic E-state index is 11.6. The summed E-state index contributed by atoms with van der Waals surface area (Å²) in [6.07, 6.45) is 4.25. The molecular weight excluding hydrogens is 256 g/mol. The van der Waals surface area contributed by atoms with Crippen LogP contribution in [0.15, 0.2) is 12.3 Å². The van der Waals surface area contributed by atoms with Crippen LogP contribution in [-0.4, -0.2) is 42.2 Å². The van der Waals surface area contributed by atoms with Crippen LogP contribution >= 0.6 is 0 Å². The first kappa shape index (κ1) is 14.7. The third kappa shape index (κ3) is 4.45. The molecule has 110 valence electrons. The number of amides is 1. The number of nitrogens with one attached hydrogen (secondary N) is 1. The summed E-state index contributed by atoms with van der Waals surface area (Å²) in [5.41, 5.74) is 0. The molecule has 0 unspecified atom stereocenters. The van der Waals surface area contributed by atoms with Gasteiger partial charge >= 0.3 is 0 Å². The van der Waals surface area contributed by atoms with Crippen LogP contribution in [0.25, 0.3) is 0 Å². The van der Waals surface area contributed by atoms with Crippen molar-refractivity contribution in [3.8, 4) is 0 Å². The maximum Gasteiger partial charge on any atom is 0.220 e. The average Bonchev–Trinajstić information content (AvgIpc) is 2.52. The molecule has 1 saturated heterocycles. The lowest BCUT2D eigenvalue weighted by Crippen LogP contribution is -2.37. The fraction of sp³-hybridized carbons (Fsp3) is 0.643. The Kier molecular flexibility index (Phi) is 5.73. The Labute approximate surface area is 119 Å². The van der Waals surface area contributed by atoms with Gasteiger partial charge in [-0.3, -0.25) is 4.79 Å². The Morgan fingerprint density at radius 3 is 3.00 bits per heavy atom. The number of morpholine rings is 1. The summed E-state index contributed by atoms with van der Waals surface area (Å²) in [6.45, 7) is 5.61. The van der Waals surface area contributed by atoms with Crippen molar-refractivity contribution in [3.05, 3.63) is 18.1 Å². The lowest BCUT2D eigenvalue weighted by molar-refractivity contribution is -0.121. The molecule has 0 spiro atoms. The average molecular weight is 278 g/mol. The standard InChI is InChI=1S/C14H22N4O2/c1-2-3-4-14(19)16-11-12-15-6-5-13(17-12)18-7-9-20-10-8-18/h5-6H,2-4,7-11H2,1H3,(H,16,19). The zero-order valence-corrected chi connectivity index (χ0v) is 12.0. The van der Waals surface area contributed by atoms with E-state index in [9.17, 15) is 4.79 Å². The number of unbranched alkanes of at least 4 members (excludes halogenated alkanes) is 1. The zero-order chi connectivity index (χ0) is 14.2. The maximum absolute atomic E-state index is 11.6. The highest BCUT2D eigenvalue weighted by molar-refractivity contribution is 5.75. The molecule has 1 aromatic heterocycles. The monoisotopic (exact) mass is 278 g/mol. The Balaban J connectivity index is 1.87. The molecule has 0 radical (unpaired) electrons. The van der Waals surface area contributed by atoms with Gasteiger partial charge in [0.15, 0.2) is 0 Å². The summed E-state index contributed by atoms with van der Waals surface area (Å²) >= 11 is 0. The fourth-order valence-electron chi connectivity index (χ4n) is 2.05. The minimum Gasteiger partial charge on any atom is -0.378 e. The summed E-state index contributed by atoms with van der Waals surface area (Å²) in [4.78, 5) is 22.4. The molecule has 1 fully saturated rings. The topological polar surface area (TPSA) is 67.4 Å². The molecule has 1 amide bonds.